The van der Waals surface area contributed by atoms with Gasteiger partial charge in [0.2, 0.25) is 0 Å². The lowest BCUT2D eigenvalue weighted by Crippen LogP contribution is -2.01. The molecule has 0 bridgehead atoms. The first-order chi connectivity index (χ1) is 13.3. The average molecular weight is 375 g/mol. The summed E-state index contributed by atoms with van der Waals surface area (Å²) in [6, 6.07) is 0. The Kier molecular flexibility index (Phi) is 21.8. The lowest BCUT2D eigenvalue weighted by atomic mass is 10.1. The van der Waals surface area contributed by atoms with Gasteiger partial charge in [-0.05, 0) is 50.4 Å². The predicted molar refractivity (Wildman–Crippen MR) is 117 cm³/mol. The minimum atomic E-state index is -0.582. The van der Waals surface area contributed by atoms with E-state index in [1.807, 2.05) is 0 Å². The van der Waals surface area contributed by atoms with Gasteiger partial charge in [-0.1, -0.05) is 95.1 Å². The van der Waals surface area contributed by atoms with Crippen LogP contribution >= 0.6 is 0 Å². The van der Waals surface area contributed by atoms with Gasteiger partial charge in [-0.2, -0.15) is 0 Å². The van der Waals surface area contributed by atoms with Crippen LogP contribution in [0.4, 0.5) is 0 Å². The van der Waals surface area contributed by atoms with Crippen LogP contribution < -0.4 is 0 Å². The first kappa shape index (κ1) is 25.8. The minimum absolute atomic E-state index is 0.180. The van der Waals surface area contributed by atoms with Crippen molar-refractivity contribution >= 4 is 0 Å². The summed E-state index contributed by atoms with van der Waals surface area (Å²) >= 11 is 0. The molecule has 2 N–H and O–H groups in total. The number of aliphatic hydroxyl groups is 2. The summed E-state index contributed by atoms with van der Waals surface area (Å²) in [5.74, 6) is 10.2. The summed E-state index contributed by atoms with van der Waals surface area (Å²) in [6.07, 6.45) is 24.4. The maximum atomic E-state index is 9.66. The predicted octanol–water partition coefficient (Wildman–Crippen LogP) is 6.16. The fourth-order valence-corrected chi connectivity index (χ4v) is 3.04. The first-order valence-electron chi connectivity index (χ1n) is 11.2. The second kappa shape index (κ2) is 22.8. The lowest BCUT2D eigenvalue weighted by molar-refractivity contribution is 0.217. The van der Waals surface area contributed by atoms with Crippen LogP contribution in [0.5, 0.6) is 0 Å². The summed E-state index contributed by atoms with van der Waals surface area (Å²) in [7, 11) is 0. The Morgan fingerprint density at radius 1 is 0.704 bits per heavy atom. The van der Waals surface area contributed by atoms with Crippen LogP contribution in [0.3, 0.4) is 0 Å². The Hall–Kier alpha value is -1.22. The number of allylic oxidation sites excluding steroid dienone is 2. The molecule has 0 heterocycles. The molecule has 0 aromatic carbocycles. The standard InChI is InChI=1S/C25H42O2/c1-2-3-4-5-6-7-8-9-10-11-12-13-14-15-16-17-19-22-25(27)23-20-18-21-24-26/h9-10,25-27H,2-8,11-17,19,22,24H2,1H3/b10-9-/t25-/m0/s1. The van der Waals surface area contributed by atoms with Gasteiger partial charge >= 0.3 is 0 Å². The second-order valence-corrected chi connectivity index (χ2v) is 7.33. The Morgan fingerprint density at radius 3 is 1.78 bits per heavy atom. The molecule has 2 heteroatoms. The highest BCUT2D eigenvalue weighted by atomic mass is 16.3. The van der Waals surface area contributed by atoms with Crippen LogP contribution in [0.25, 0.3) is 0 Å². The number of rotatable bonds is 17. The molecule has 27 heavy (non-hydrogen) atoms. The molecule has 0 aliphatic carbocycles. The highest BCUT2D eigenvalue weighted by Crippen LogP contribution is 2.11. The van der Waals surface area contributed by atoms with Crippen molar-refractivity contribution in [1.29, 1.82) is 0 Å². The SMILES string of the molecule is CCCCCCCC/C=C\CCCCCCCCC[C@H](O)C#CC#CCO. The average Bonchev–Trinajstić information content (AvgIpc) is 2.67. The van der Waals surface area contributed by atoms with Crippen molar-refractivity contribution in [1.82, 2.24) is 0 Å². The van der Waals surface area contributed by atoms with Gasteiger partial charge in [-0.15, -0.1) is 0 Å². The zero-order valence-electron chi connectivity index (χ0n) is 17.6. The third kappa shape index (κ3) is 22.7. The summed E-state index contributed by atoms with van der Waals surface area (Å²) in [6.45, 7) is 2.09. The van der Waals surface area contributed by atoms with Crippen molar-refractivity contribution in [3.05, 3.63) is 12.2 Å². The van der Waals surface area contributed by atoms with Crippen LogP contribution in [0, 0.1) is 23.7 Å². The fourth-order valence-electron chi connectivity index (χ4n) is 3.04. The van der Waals surface area contributed by atoms with E-state index in [0.717, 1.165) is 12.8 Å². The van der Waals surface area contributed by atoms with E-state index >= 15 is 0 Å². The third-order valence-corrected chi connectivity index (χ3v) is 4.71. The molecular formula is C25H42O2. The molecular weight excluding hydrogens is 332 g/mol. The molecule has 2 nitrogen and oxygen atoms in total. The highest BCUT2D eigenvalue weighted by Gasteiger charge is 1.98. The van der Waals surface area contributed by atoms with Gasteiger partial charge in [-0.25, -0.2) is 0 Å². The molecule has 0 aromatic heterocycles. The summed E-state index contributed by atoms with van der Waals surface area (Å²) in [5.41, 5.74) is 0. The van der Waals surface area contributed by atoms with E-state index in [0.29, 0.717) is 0 Å². The fraction of sp³-hybridized carbons (Fsp3) is 0.760. The van der Waals surface area contributed by atoms with E-state index in [9.17, 15) is 5.11 Å². The maximum absolute atomic E-state index is 9.66. The summed E-state index contributed by atoms with van der Waals surface area (Å²) in [5, 5.41) is 18.2. The van der Waals surface area contributed by atoms with Gasteiger partial charge in [0.1, 0.15) is 12.7 Å². The van der Waals surface area contributed by atoms with Gasteiger partial charge < -0.3 is 10.2 Å². The molecule has 0 unspecified atom stereocenters. The first-order valence-corrected chi connectivity index (χ1v) is 11.2. The zero-order valence-corrected chi connectivity index (χ0v) is 17.6. The molecule has 0 fully saturated rings. The van der Waals surface area contributed by atoms with Crippen LogP contribution in [0.1, 0.15) is 110 Å². The molecule has 154 valence electrons. The Labute approximate surface area is 168 Å². The lowest BCUT2D eigenvalue weighted by Gasteiger charge is -2.03. The van der Waals surface area contributed by atoms with Gasteiger partial charge in [0.25, 0.3) is 0 Å². The van der Waals surface area contributed by atoms with Crippen molar-refractivity contribution < 1.29 is 10.2 Å². The topological polar surface area (TPSA) is 40.5 Å². The van der Waals surface area contributed by atoms with E-state index in [4.69, 9.17) is 5.11 Å². The summed E-state index contributed by atoms with van der Waals surface area (Å²) in [4.78, 5) is 0. The van der Waals surface area contributed by atoms with Crippen molar-refractivity contribution in [2.45, 2.75) is 116 Å². The molecule has 0 radical (unpaired) electrons. The van der Waals surface area contributed by atoms with E-state index < -0.39 is 6.10 Å². The van der Waals surface area contributed by atoms with Gasteiger partial charge in [0.15, 0.2) is 0 Å². The third-order valence-electron chi connectivity index (χ3n) is 4.71. The number of aliphatic hydroxyl groups excluding tert-OH is 2. The Balaban J connectivity index is 3.26. The minimum Gasteiger partial charge on any atom is -0.384 e. The Bertz CT molecular complexity index is 444. The normalized spacial score (nSPS) is 11.7. The van der Waals surface area contributed by atoms with Crippen molar-refractivity contribution in [2.24, 2.45) is 0 Å². The molecule has 0 amide bonds. The van der Waals surface area contributed by atoms with Gasteiger partial charge in [0.05, 0.1) is 0 Å². The van der Waals surface area contributed by atoms with Crippen LogP contribution in [0.2, 0.25) is 0 Å². The molecule has 0 aliphatic rings. The quantitative estimate of drug-likeness (QED) is 0.182. The molecule has 0 aromatic rings. The monoisotopic (exact) mass is 374 g/mol. The number of hydrogen-bond donors (Lipinski definition) is 2. The van der Waals surface area contributed by atoms with Gasteiger partial charge in [-0.3, -0.25) is 0 Å². The van der Waals surface area contributed by atoms with Crippen molar-refractivity contribution in [3.8, 4) is 23.7 Å². The van der Waals surface area contributed by atoms with Gasteiger partial charge in [0, 0.05) is 0 Å². The smallest absolute Gasteiger partial charge is 0.115 e. The molecule has 1 atom stereocenters. The molecule has 0 saturated carbocycles. The molecule has 0 saturated heterocycles. The van der Waals surface area contributed by atoms with E-state index in [1.54, 1.807) is 0 Å². The largest absolute Gasteiger partial charge is 0.384 e. The van der Waals surface area contributed by atoms with E-state index in [-0.39, 0.29) is 6.61 Å². The van der Waals surface area contributed by atoms with Crippen molar-refractivity contribution in [2.75, 3.05) is 6.61 Å². The number of hydrogen-bond acceptors (Lipinski definition) is 2. The molecule has 0 aliphatic heterocycles. The van der Waals surface area contributed by atoms with Crippen molar-refractivity contribution in [3.63, 3.8) is 0 Å². The maximum Gasteiger partial charge on any atom is 0.115 e. The number of unbranched alkanes of at least 4 members (excludes halogenated alkanes) is 13. The molecule has 0 rings (SSSR count). The van der Waals surface area contributed by atoms with Crippen LogP contribution in [0.15, 0.2) is 12.2 Å². The van der Waals surface area contributed by atoms with Crippen LogP contribution in [-0.4, -0.2) is 22.9 Å². The van der Waals surface area contributed by atoms with Crippen LogP contribution in [-0.2, 0) is 0 Å². The Morgan fingerprint density at radius 2 is 1.22 bits per heavy atom. The zero-order chi connectivity index (χ0) is 19.8. The van der Waals surface area contributed by atoms with E-state index in [1.165, 1.54) is 89.9 Å². The van der Waals surface area contributed by atoms with E-state index in [2.05, 4.69) is 42.8 Å². The molecule has 0 spiro atoms. The highest BCUT2D eigenvalue weighted by molar-refractivity contribution is 5.27. The summed E-state index contributed by atoms with van der Waals surface area (Å²) < 4.78 is 0. The second-order valence-electron chi connectivity index (χ2n) is 7.33.